The minimum Gasteiger partial charge on any atom is -0.341 e. The van der Waals surface area contributed by atoms with Crippen molar-refractivity contribution in [3.05, 3.63) is 69.1 Å². The summed E-state index contributed by atoms with van der Waals surface area (Å²) in [6.45, 7) is 0.741. The number of anilines is 1. The summed E-state index contributed by atoms with van der Waals surface area (Å²) >= 11 is 0. The van der Waals surface area contributed by atoms with Crippen molar-refractivity contribution in [1.29, 1.82) is 0 Å². The Morgan fingerprint density at radius 2 is 1.81 bits per heavy atom. The maximum absolute atomic E-state index is 13.4. The highest BCUT2D eigenvalue weighted by Gasteiger charge is 2.22. The number of likely N-dealkylation sites (tertiary alicyclic amines) is 1. The van der Waals surface area contributed by atoms with Gasteiger partial charge in [-0.3, -0.25) is 23.4 Å². The lowest BCUT2D eigenvalue weighted by Crippen LogP contribution is -2.43. The summed E-state index contributed by atoms with van der Waals surface area (Å²) in [5.41, 5.74) is -1.16. The summed E-state index contributed by atoms with van der Waals surface area (Å²) in [5, 5.41) is -0.0246. The molecule has 9 nitrogen and oxygen atoms in total. The third kappa shape index (κ3) is 4.03. The van der Waals surface area contributed by atoms with Gasteiger partial charge in [-0.25, -0.2) is 17.6 Å². The van der Waals surface area contributed by atoms with E-state index in [-0.39, 0.29) is 27.4 Å². The highest BCUT2D eigenvalue weighted by molar-refractivity contribution is 7.92. The zero-order valence-corrected chi connectivity index (χ0v) is 18.1. The zero-order valence-electron chi connectivity index (χ0n) is 17.2. The first-order chi connectivity index (χ1) is 15.2. The van der Waals surface area contributed by atoms with Crippen molar-refractivity contribution in [2.75, 3.05) is 17.8 Å². The number of aryl methyl sites for hydroxylation is 1. The van der Waals surface area contributed by atoms with Crippen LogP contribution in [0.15, 0.2) is 56.9 Å². The molecule has 1 saturated heterocycles. The fraction of sp³-hybridized carbons (Fsp3) is 0.286. The number of amides is 1. The fourth-order valence-electron chi connectivity index (χ4n) is 3.77. The van der Waals surface area contributed by atoms with Crippen LogP contribution in [0.2, 0.25) is 0 Å². The molecule has 1 aromatic heterocycles. The Balaban J connectivity index is 1.76. The van der Waals surface area contributed by atoms with Crippen LogP contribution in [0.3, 0.4) is 0 Å². The topological polar surface area (TPSA) is 110 Å². The van der Waals surface area contributed by atoms with Gasteiger partial charge >= 0.3 is 5.69 Å². The average molecular weight is 460 g/mol. The van der Waals surface area contributed by atoms with Crippen LogP contribution in [0.5, 0.6) is 0 Å². The van der Waals surface area contributed by atoms with E-state index in [1.54, 1.807) is 4.90 Å². The van der Waals surface area contributed by atoms with E-state index in [2.05, 4.69) is 4.72 Å². The second kappa shape index (κ2) is 8.23. The van der Waals surface area contributed by atoms with E-state index < -0.39 is 33.6 Å². The predicted molar refractivity (Wildman–Crippen MR) is 116 cm³/mol. The van der Waals surface area contributed by atoms with E-state index in [4.69, 9.17) is 0 Å². The summed E-state index contributed by atoms with van der Waals surface area (Å²) in [6, 6.07) is 8.71. The molecule has 1 aliphatic rings. The largest absolute Gasteiger partial charge is 0.341 e. The van der Waals surface area contributed by atoms with E-state index in [9.17, 15) is 27.2 Å². The molecule has 1 N–H and O–H groups in total. The number of nitrogens with zero attached hydrogens (tertiary/aromatic N) is 3. The summed E-state index contributed by atoms with van der Waals surface area (Å²) in [6.07, 6.45) is 1.74. The number of carbonyl (C=O) groups is 1. The number of rotatable bonds is 5. The molecule has 11 heteroatoms. The fourth-order valence-corrected chi connectivity index (χ4v) is 4.85. The number of fused-ring (bicyclic) bond motifs is 1. The van der Waals surface area contributed by atoms with Gasteiger partial charge in [-0.15, -0.1) is 0 Å². The van der Waals surface area contributed by atoms with Gasteiger partial charge in [0, 0.05) is 20.1 Å². The van der Waals surface area contributed by atoms with Crippen LogP contribution in [-0.4, -0.2) is 41.4 Å². The van der Waals surface area contributed by atoms with E-state index in [1.807, 2.05) is 0 Å². The predicted octanol–water partition coefficient (Wildman–Crippen LogP) is 1.26. The maximum atomic E-state index is 13.4. The van der Waals surface area contributed by atoms with E-state index in [0.717, 1.165) is 29.5 Å². The molecule has 0 spiro atoms. The molecule has 0 unspecified atom stereocenters. The summed E-state index contributed by atoms with van der Waals surface area (Å²) in [4.78, 5) is 39.6. The first-order valence-corrected chi connectivity index (χ1v) is 11.5. The molecule has 0 atom stereocenters. The van der Waals surface area contributed by atoms with E-state index in [0.29, 0.717) is 13.1 Å². The van der Waals surface area contributed by atoms with Crippen molar-refractivity contribution in [2.45, 2.75) is 24.3 Å². The van der Waals surface area contributed by atoms with Gasteiger partial charge in [0.15, 0.2) is 0 Å². The lowest BCUT2D eigenvalue weighted by molar-refractivity contribution is -0.130. The first-order valence-electron chi connectivity index (χ1n) is 9.97. The number of halogens is 1. The van der Waals surface area contributed by atoms with Crippen LogP contribution in [0.4, 0.5) is 10.1 Å². The molecule has 3 aromatic rings. The minimum absolute atomic E-state index is 0.0246. The minimum atomic E-state index is -4.14. The molecule has 0 aliphatic carbocycles. The maximum Gasteiger partial charge on any atom is 0.331 e. The Kier molecular flexibility index (Phi) is 5.59. The Labute approximate surface area is 182 Å². The molecule has 32 heavy (non-hydrogen) atoms. The van der Waals surface area contributed by atoms with Crippen LogP contribution in [0.1, 0.15) is 12.8 Å². The second-order valence-corrected chi connectivity index (χ2v) is 9.30. The SMILES string of the molecule is Cn1c(=O)n(CC(=O)N2CCCC2)c(=O)c2cc(S(=O)(=O)Nc3cccc(F)c3)ccc21. The van der Waals surface area contributed by atoms with Gasteiger partial charge in [-0.2, -0.15) is 0 Å². The number of benzene rings is 2. The smallest absolute Gasteiger partial charge is 0.331 e. The Hall–Kier alpha value is -3.47. The van der Waals surface area contributed by atoms with Crippen molar-refractivity contribution in [1.82, 2.24) is 14.0 Å². The molecule has 2 heterocycles. The van der Waals surface area contributed by atoms with Crippen molar-refractivity contribution in [3.8, 4) is 0 Å². The third-order valence-corrected chi connectivity index (χ3v) is 6.84. The van der Waals surface area contributed by atoms with Gasteiger partial charge in [0.25, 0.3) is 15.6 Å². The monoisotopic (exact) mass is 460 g/mol. The van der Waals surface area contributed by atoms with Crippen LogP contribution in [0.25, 0.3) is 10.9 Å². The number of aromatic nitrogens is 2. The average Bonchev–Trinajstić information content (AvgIpc) is 3.29. The quantitative estimate of drug-likeness (QED) is 0.617. The Bertz CT molecular complexity index is 1440. The highest BCUT2D eigenvalue weighted by Crippen LogP contribution is 2.20. The van der Waals surface area contributed by atoms with Gasteiger partial charge in [0.05, 0.1) is 21.5 Å². The Morgan fingerprint density at radius 1 is 1.09 bits per heavy atom. The second-order valence-electron chi connectivity index (χ2n) is 7.62. The third-order valence-electron chi connectivity index (χ3n) is 5.46. The van der Waals surface area contributed by atoms with Gasteiger partial charge < -0.3 is 4.90 Å². The van der Waals surface area contributed by atoms with Gasteiger partial charge in [0.1, 0.15) is 12.4 Å². The normalized spacial score (nSPS) is 14.1. The van der Waals surface area contributed by atoms with Crippen molar-refractivity contribution >= 4 is 32.5 Å². The Morgan fingerprint density at radius 3 is 2.50 bits per heavy atom. The molecule has 4 rings (SSSR count). The number of carbonyl (C=O) groups excluding carboxylic acids is 1. The van der Waals surface area contributed by atoms with Gasteiger partial charge in [-0.1, -0.05) is 6.07 Å². The molecule has 2 aromatic carbocycles. The molecule has 1 amide bonds. The van der Waals surface area contributed by atoms with Gasteiger partial charge in [-0.05, 0) is 49.2 Å². The van der Waals surface area contributed by atoms with Crippen LogP contribution >= 0.6 is 0 Å². The van der Waals surface area contributed by atoms with Crippen molar-refractivity contribution < 1.29 is 17.6 Å². The van der Waals surface area contributed by atoms with Crippen LogP contribution in [-0.2, 0) is 28.4 Å². The zero-order chi connectivity index (χ0) is 23.0. The number of sulfonamides is 1. The molecule has 0 bridgehead atoms. The molecule has 0 saturated carbocycles. The number of nitrogens with one attached hydrogen (secondary N) is 1. The van der Waals surface area contributed by atoms with Crippen molar-refractivity contribution in [3.63, 3.8) is 0 Å². The number of hydrogen-bond acceptors (Lipinski definition) is 5. The van der Waals surface area contributed by atoms with E-state index in [1.165, 1.54) is 41.9 Å². The molecule has 0 radical (unpaired) electrons. The molecular weight excluding hydrogens is 439 g/mol. The number of hydrogen-bond donors (Lipinski definition) is 1. The molecule has 1 fully saturated rings. The van der Waals surface area contributed by atoms with Crippen molar-refractivity contribution in [2.24, 2.45) is 7.05 Å². The van der Waals surface area contributed by atoms with Crippen LogP contribution in [0, 0.1) is 5.82 Å². The first kappa shape index (κ1) is 21.8. The van der Waals surface area contributed by atoms with Crippen LogP contribution < -0.4 is 16.0 Å². The van der Waals surface area contributed by atoms with Gasteiger partial charge in [0.2, 0.25) is 5.91 Å². The lowest BCUT2D eigenvalue weighted by atomic mass is 10.2. The molecule has 1 aliphatic heterocycles. The summed E-state index contributed by atoms with van der Waals surface area (Å²) < 4.78 is 43.3. The molecular formula is C21H21FN4O5S. The highest BCUT2D eigenvalue weighted by atomic mass is 32.2. The van der Waals surface area contributed by atoms with E-state index >= 15 is 0 Å². The summed E-state index contributed by atoms with van der Waals surface area (Å²) in [5.74, 6) is -0.943. The summed E-state index contributed by atoms with van der Waals surface area (Å²) in [7, 11) is -2.69. The standard InChI is InChI=1S/C21H21FN4O5S/c1-24-18-8-7-16(32(30,31)23-15-6-4-5-14(22)11-15)12-17(18)20(28)26(21(24)29)13-19(27)25-9-2-3-10-25/h4-8,11-12,23H,2-3,9-10,13H2,1H3. The lowest BCUT2D eigenvalue weighted by Gasteiger charge is -2.17. The molecule has 168 valence electrons.